The molecule has 2 heteroatoms. The lowest BCUT2D eigenvalue weighted by Crippen LogP contribution is -2.36. The standard InChI is InChI=1S/C7H17ClN/c1-7(8)5-6-9(2,3)4/h7H,5-6H2,1-4H3/q+1. The summed E-state index contributed by atoms with van der Waals surface area (Å²) in [5, 5.41) is 0.322. The molecule has 1 atom stereocenters. The molecule has 9 heavy (non-hydrogen) atoms. The average Bonchev–Trinajstić information content (AvgIpc) is 1.59. The van der Waals surface area contributed by atoms with E-state index in [0.717, 1.165) is 17.4 Å². The summed E-state index contributed by atoms with van der Waals surface area (Å²) in [6.45, 7) is 3.20. The third-order valence-corrected chi connectivity index (χ3v) is 1.42. The highest BCUT2D eigenvalue weighted by Crippen LogP contribution is 2.02. The van der Waals surface area contributed by atoms with Crippen molar-refractivity contribution in [2.45, 2.75) is 18.7 Å². The summed E-state index contributed by atoms with van der Waals surface area (Å²) >= 11 is 5.77. The lowest BCUT2D eigenvalue weighted by Gasteiger charge is -2.24. The molecule has 0 bridgehead atoms. The number of nitrogens with zero attached hydrogens (tertiary/aromatic N) is 1. The van der Waals surface area contributed by atoms with Gasteiger partial charge in [0, 0.05) is 11.8 Å². The van der Waals surface area contributed by atoms with Crippen molar-refractivity contribution in [1.29, 1.82) is 0 Å². The van der Waals surface area contributed by atoms with Gasteiger partial charge in [-0.15, -0.1) is 11.6 Å². The predicted octanol–water partition coefficient (Wildman–Crippen LogP) is 1.71. The molecule has 0 saturated carbocycles. The topological polar surface area (TPSA) is 0 Å². The van der Waals surface area contributed by atoms with Crippen molar-refractivity contribution in [1.82, 2.24) is 0 Å². The average molecular weight is 151 g/mol. The number of quaternary nitrogens is 1. The van der Waals surface area contributed by atoms with Crippen molar-refractivity contribution in [3.05, 3.63) is 0 Å². The minimum Gasteiger partial charge on any atom is -0.331 e. The van der Waals surface area contributed by atoms with E-state index in [2.05, 4.69) is 21.1 Å². The molecule has 0 fully saturated rings. The fraction of sp³-hybridized carbons (Fsp3) is 1.00. The zero-order valence-electron chi connectivity index (χ0n) is 6.82. The molecule has 1 nitrogen and oxygen atoms in total. The van der Waals surface area contributed by atoms with Crippen LogP contribution in [0.1, 0.15) is 13.3 Å². The van der Waals surface area contributed by atoms with Gasteiger partial charge in [0.15, 0.2) is 0 Å². The van der Waals surface area contributed by atoms with Gasteiger partial charge in [-0.3, -0.25) is 0 Å². The highest BCUT2D eigenvalue weighted by atomic mass is 35.5. The summed E-state index contributed by atoms with van der Waals surface area (Å²) in [6, 6.07) is 0. The Morgan fingerprint density at radius 1 is 1.33 bits per heavy atom. The van der Waals surface area contributed by atoms with Crippen LogP contribution in [-0.2, 0) is 0 Å². The number of hydrogen-bond donors (Lipinski definition) is 0. The normalized spacial score (nSPS) is 15.7. The van der Waals surface area contributed by atoms with E-state index >= 15 is 0 Å². The number of halogens is 1. The lowest BCUT2D eigenvalue weighted by molar-refractivity contribution is -0.870. The Labute approximate surface area is 63.2 Å². The zero-order chi connectivity index (χ0) is 7.49. The first kappa shape index (κ1) is 9.25. The molecule has 0 radical (unpaired) electrons. The SMILES string of the molecule is CC(Cl)CC[N+](C)(C)C. The minimum absolute atomic E-state index is 0.322. The third-order valence-electron chi connectivity index (χ3n) is 1.20. The van der Waals surface area contributed by atoms with Crippen LogP contribution in [0.4, 0.5) is 0 Å². The van der Waals surface area contributed by atoms with Gasteiger partial charge in [-0.1, -0.05) is 0 Å². The molecule has 0 aromatic heterocycles. The maximum Gasteiger partial charge on any atom is 0.0794 e. The third kappa shape index (κ3) is 8.25. The molecule has 0 amide bonds. The quantitative estimate of drug-likeness (QED) is 0.425. The van der Waals surface area contributed by atoms with E-state index in [4.69, 9.17) is 11.6 Å². The molecular formula is C7H17ClN+. The van der Waals surface area contributed by atoms with Crippen LogP contribution in [0.15, 0.2) is 0 Å². The monoisotopic (exact) mass is 150 g/mol. The van der Waals surface area contributed by atoms with Gasteiger partial charge >= 0.3 is 0 Å². The van der Waals surface area contributed by atoms with E-state index in [0.29, 0.717) is 5.38 Å². The van der Waals surface area contributed by atoms with E-state index in [1.807, 2.05) is 6.92 Å². The van der Waals surface area contributed by atoms with Crippen molar-refractivity contribution in [3.8, 4) is 0 Å². The van der Waals surface area contributed by atoms with Crippen molar-refractivity contribution in [3.63, 3.8) is 0 Å². The molecule has 0 N–H and O–H groups in total. The highest BCUT2D eigenvalue weighted by Gasteiger charge is 2.07. The number of hydrogen-bond acceptors (Lipinski definition) is 0. The first-order valence-electron chi connectivity index (χ1n) is 3.36. The van der Waals surface area contributed by atoms with E-state index in [-0.39, 0.29) is 0 Å². The summed E-state index contributed by atoms with van der Waals surface area (Å²) in [6.07, 6.45) is 1.10. The largest absolute Gasteiger partial charge is 0.331 e. The first-order chi connectivity index (χ1) is 3.92. The van der Waals surface area contributed by atoms with Gasteiger partial charge in [-0.2, -0.15) is 0 Å². The minimum atomic E-state index is 0.322. The molecule has 0 aliphatic rings. The Kier molecular flexibility index (Phi) is 3.52. The molecule has 0 rings (SSSR count). The van der Waals surface area contributed by atoms with Gasteiger partial charge < -0.3 is 4.48 Å². The highest BCUT2D eigenvalue weighted by molar-refractivity contribution is 6.20. The Morgan fingerprint density at radius 2 is 1.78 bits per heavy atom. The summed E-state index contributed by atoms with van der Waals surface area (Å²) in [7, 11) is 6.54. The molecule has 0 heterocycles. The molecule has 0 spiro atoms. The van der Waals surface area contributed by atoms with Crippen LogP contribution in [0.5, 0.6) is 0 Å². The van der Waals surface area contributed by atoms with Crippen LogP contribution in [0.3, 0.4) is 0 Å². The van der Waals surface area contributed by atoms with Crippen molar-refractivity contribution >= 4 is 11.6 Å². The van der Waals surface area contributed by atoms with Crippen LogP contribution in [0.2, 0.25) is 0 Å². The van der Waals surface area contributed by atoms with Crippen molar-refractivity contribution in [2.24, 2.45) is 0 Å². The van der Waals surface area contributed by atoms with Crippen LogP contribution in [0.25, 0.3) is 0 Å². The second-order valence-corrected chi connectivity index (χ2v) is 4.33. The molecular weight excluding hydrogens is 134 g/mol. The maximum atomic E-state index is 5.77. The Morgan fingerprint density at radius 3 is 1.89 bits per heavy atom. The molecule has 0 saturated heterocycles. The lowest BCUT2D eigenvalue weighted by atomic mass is 10.3. The Hall–Kier alpha value is 0.250. The van der Waals surface area contributed by atoms with E-state index in [1.54, 1.807) is 0 Å². The second-order valence-electron chi connectivity index (χ2n) is 3.58. The van der Waals surface area contributed by atoms with Gasteiger partial charge in [-0.05, 0) is 6.92 Å². The molecule has 56 valence electrons. The Bertz CT molecular complexity index is 73.5. The van der Waals surface area contributed by atoms with Crippen molar-refractivity contribution < 1.29 is 4.48 Å². The predicted molar refractivity (Wildman–Crippen MR) is 42.8 cm³/mol. The fourth-order valence-electron chi connectivity index (χ4n) is 0.565. The molecule has 1 unspecified atom stereocenters. The Balaban J connectivity index is 3.28. The van der Waals surface area contributed by atoms with Gasteiger partial charge in [0.05, 0.1) is 27.7 Å². The van der Waals surface area contributed by atoms with Crippen LogP contribution in [0, 0.1) is 0 Å². The second kappa shape index (κ2) is 3.43. The van der Waals surface area contributed by atoms with Crippen LogP contribution >= 0.6 is 11.6 Å². The summed E-state index contributed by atoms with van der Waals surface area (Å²) in [4.78, 5) is 0. The van der Waals surface area contributed by atoms with E-state index < -0.39 is 0 Å². The van der Waals surface area contributed by atoms with E-state index in [1.165, 1.54) is 0 Å². The molecule has 0 aromatic carbocycles. The smallest absolute Gasteiger partial charge is 0.0794 e. The van der Waals surface area contributed by atoms with Crippen LogP contribution < -0.4 is 0 Å². The fourth-order valence-corrected chi connectivity index (χ4v) is 0.663. The summed E-state index contributed by atoms with van der Waals surface area (Å²) < 4.78 is 1.01. The zero-order valence-corrected chi connectivity index (χ0v) is 7.57. The summed E-state index contributed by atoms with van der Waals surface area (Å²) in [5.41, 5.74) is 0. The van der Waals surface area contributed by atoms with Gasteiger partial charge in [0.25, 0.3) is 0 Å². The molecule has 0 aliphatic carbocycles. The first-order valence-corrected chi connectivity index (χ1v) is 3.80. The van der Waals surface area contributed by atoms with E-state index in [9.17, 15) is 0 Å². The van der Waals surface area contributed by atoms with Gasteiger partial charge in [0.1, 0.15) is 0 Å². The molecule has 0 aromatic rings. The van der Waals surface area contributed by atoms with Crippen LogP contribution in [-0.4, -0.2) is 37.5 Å². The number of rotatable bonds is 3. The van der Waals surface area contributed by atoms with Gasteiger partial charge in [0.2, 0.25) is 0 Å². The summed E-state index contributed by atoms with van der Waals surface area (Å²) in [5.74, 6) is 0. The molecule has 0 aliphatic heterocycles. The maximum absolute atomic E-state index is 5.77. The van der Waals surface area contributed by atoms with Gasteiger partial charge in [-0.25, -0.2) is 0 Å². The van der Waals surface area contributed by atoms with Crippen molar-refractivity contribution in [2.75, 3.05) is 27.7 Å². The number of alkyl halides is 1.